The Hall–Kier alpha value is -2.20. The lowest BCUT2D eigenvalue weighted by atomic mass is 9.95. The van der Waals surface area contributed by atoms with Crippen LogP contribution in [-0.2, 0) is 13.5 Å². The van der Waals surface area contributed by atoms with Gasteiger partial charge in [-0.25, -0.2) is 4.98 Å². The Balaban J connectivity index is 2.20. The largest absolute Gasteiger partial charge is 0.396 e. The van der Waals surface area contributed by atoms with Gasteiger partial charge in [0.15, 0.2) is 0 Å². The van der Waals surface area contributed by atoms with E-state index in [9.17, 15) is 5.11 Å². The van der Waals surface area contributed by atoms with E-state index in [-0.39, 0.29) is 12.5 Å². The molecule has 0 aliphatic rings. The number of nitrogens with zero attached hydrogens (tertiary/aromatic N) is 3. The molecule has 1 atom stereocenters. The molecule has 0 fully saturated rings. The van der Waals surface area contributed by atoms with Crippen molar-refractivity contribution in [2.24, 2.45) is 7.05 Å². The summed E-state index contributed by atoms with van der Waals surface area (Å²) in [5, 5.41) is 10.9. The molecule has 27 heavy (non-hydrogen) atoms. The van der Waals surface area contributed by atoms with E-state index in [1.165, 1.54) is 5.56 Å². The van der Waals surface area contributed by atoms with E-state index in [2.05, 4.69) is 63.6 Å². The van der Waals surface area contributed by atoms with Crippen LogP contribution in [0.1, 0.15) is 68.5 Å². The van der Waals surface area contributed by atoms with Crippen LogP contribution in [0.3, 0.4) is 0 Å². The van der Waals surface area contributed by atoms with Crippen LogP contribution in [-0.4, -0.2) is 26.2 Å². The number of hydrogen-bond donors (Lipinski definition) is 1. The number of aliphatic hydroxyl groups excluding tert-OH is 1. The van der Waals surface area contributed by atoms with Gasteiger partial charge < -0.3 is 9.67 Å². The maximum Gasteiger partial charge on any atom is 0.140 e. The molecule has 1 N–H and O–H groups in total. The van der Waals surface area contributed by atoms with E-state index in [1.807, 2.05) is 7.05 Å². The highest BCUT2D eigenvalue weighted by molar-refractivity contribution is 5.85. The number of hydrogen-bond acceptors (Lipinski definition) is 3. The predicted octanol–water partition coefficient (Wildman–Crippen LogP) is 5.12. The topological polar surface area (TPSA) is 50.9 Å². The summed E-state index contributed by atoms with van der Waals surface area (Å²) in [5.41, 5.74) is 7.66. The molecular weight excluding hydrogens is 334 g/mol. The normalized spacial score (nSPS) is 12.9. The lowest BCUT2D eigenvalue weighted by Gasteiger charge is -2.14. The van der Waals surface area contributed by atoms with Crippen LogP contribution in [0, 0.1) is 6.92 Å². The molecule has 3 heterocycles. The Morgan fingerprint density at radius 2 is 1.89 bits per heavy atom. The second-order valence-corrected chi connectivity index (χ2v) is 7.75. The summed E-state index contributed by atoms with van der Waals surface area (Å²) in [6, 6.07) is 6.52. The molecule has 0 bridgehead atoms. The molecule has 144 valence electrons. The minimum atomic E-state index is 0.152. The molecule has 0 aromatic carbocycles. The van der Waals surface area contributed by atoms with Crippen molar-refractivity contribution in [2.75, 3.05) is 6.61 Å². The maximum absolute atomic E-state index is 9.75. The smallest absolute Gasteiger partial charge is 0.140 e. The fourth-order valence-corrected chi connectivity index (χ4v) is 3.79. The molecule has 3 rings (SSSR count). The highest BCUT2D eigenvalue weighted by Crippen LogP contribution is 2.33. The summed E-state index contributed by atoms with van der Waals surface area (Å²) in [5.74, 6) is 0.569. The van der Waals surface area contributed by atoms with E-state index in [0.717, 1.165) is 52.1 Å². The molecule has 0 amide bonds. The first-order chi connectivity index (χ1) is 12.9. The third kappa shape index (κ3) is 3.51. The number of aliphatic hydroxyl groups is 1. The zero-order valence-corrected chi connectivity index (χ0v) is 17.4. The number of aryl methyl sites for hydroxylation is 3. The monoisotopic (exact) mass is 365 g/mol. The Kier molecular flexibility index (Phi) is 5.66. The molecule has 0 radical (unpaired) electrons. The van der Waals surface area contributed by atoms with Crippen molar-refractivity contribution in [1.82, 2.24) is 14.5 Å². The first-order valence-electron chi connectivity index (χ1n) is 9.98. The van der Waals surface area contributed by atoms with Gasteiger partial charge in [0, 0.05) is 48.1 Å². The zero-order valence-electron chi connectivity index (χ0n) is 17.4. The van der Waals surface area contributed by atoms with E-state index in [1.54, 1.807) is 0 Å². The molecule has 0 spiro atoms. The van der Waals surface area contributed by atoms with Gasteiger partial charge >= 0.3 is 0 Å². The number of aromatic nitrogens is 3. The second-order valence-electron chi connectivity index (χ2n) is 7.75. The summed E-state index contributed by atoms with van der Waals surface area (Å²) in [6.07, 6.45) is 3.92. The van der Waals surface area contributed by atoms with Crippen molar-refractivity contribution in [1.29, 1.82) is 0 Å². The molecule has 4 heteroatoms. The third-order valence-corrected chi connectivity index (χ3v) is 5.50. The second kappa shape index (κ2) is 7.81. The fraction of sp³-hybridized carbons (Fsp3) is 0.478. The van der Waals surface area contributed by atoms with Gasteiger partial charge in [-0.15, -0.1) is 0 Å². The highest BCUT2D eigenvalue weighted by atomic mass is 16.3. The van der Waals surface area contributed by atoms with Crippen molar-refractivity contribution in [3.63, 3.8) is 0 Å². The molecule has 3 aromatic rings. The molecule has 0 aliphatic heterocycles. The Morgan fingerprint density at radius 1 is 1.15 bits per heavy atom. The standard InChI is InChI=1S/C23H31N3O/c1-7-16(13-27)19-12-26(6)23-18(19)11-15(5)22(25-23)17-9-10-21(14(3)4)24-20(17)8-2/h9-12,14,16,27H,7-8,13H2,1-6H3/t16-/m1/s1. The quantitative estimate of drug-likeness (QED) is 0.660. The summed E-state index contributed by atoms with van der Waals surface area (Å²) in [7, 11) is 2.03. The van der Waals surface area contributed by atoms with E-state index in [4.69, 9.17) is 9.97 Å². The zero-order chi connectivity index (χ0) is 19.7. The number of pyridine rings is 2. The Bertz CT molecular complexity index is 952. The Labute approximate surface area is 162 Å². The average Bonchev–Trinajstić information content (AvgIpc) is 2.97. The van der Waals surface area contributed by atoms with Gasteiger partial charge in [0.05, 0.1) is 5.69 Å². The summed E-state index contributed by atoms with van der Waals surface area (Å²) < 4.78 is 2.08. The van der Waals surface area contributed by atoms with Gasteiger partial charge in [-0.3, -0.25) is 4.98 Å². The van der Waals surface area contributed by atoms with Crippen molar-refractivity contribution < 1.29 is 5.11 Å². The molecule has 3 aromatic heterocycles. The minimum absolute atomic E-state index is 0.152. The lowest BCUT2D eigenvalue weighted by molar-refractivity contribution is 0.263. The van der Waals surface area contributed by atoms with Gasteiger partial charge in [-0.1, -0.05) is 27.7 Å². The van der Waals surface area contributed by atoms with Crippen LogP contribution < -0.4 is 0 Å². The van der Waals surface area contributed by atoms with Crippen molar-refractivity contribution in [3.05, 3.63) is 46.9 Å². The molecule has 0 saturated carbocycles. The maximum atomic E-state index is 9.75. The molecule has 0 aliphatic carbocycles. The van der Waals surface area contributed by atoms with Gasteiger partial charge in [-0.2, -0.15) is 0 Å². The van der Waals surface area contributed by atoms with E-state index in [0.29, 0.717) is 5.92 Å². The van der Waals surface area contributed by atoms with Crippen LogP contribution in [0.15, 0.2) is 24.4 Å². The fourth-order valence-electron chi connectivity index (χ4n) is 3.79. The first-order valence-corrected chi connectivity index (χ1v) is 9.98. The lowest BCUT2D eigenvalue weighted by Crippen LogP contribution is -2.03. The number of fused-ring (bicyclic) bond motifs is 1. The van der Waals surface area contributed by atoms with Crippen LogP contribution in [0.4, 0.5) is 0 Å². The van der Waals surface area contributed by atoms with Crippen LogP contribution >= 0.6 is 0 Å². The molecule has 0 saturated heterocycles. The van der Waals surface area contributed by atoms with Crippen molar-refractivity contribution in [2.45, 2.75) is 59.3 Å². The average molecular weight is 366 g/mol. The predicted molar refractivity (Wildman–Crippen MR) is 112 cm³/mol. The van der Waals surface area contributed by atoms with Crippen molar-refractivity contribution >= 4 is 11.0 Å². The van der Waals surface area contributed by atoms with Gasteiger partial charge in [0.25, 0.3) is 0 Å². The third-order valence-electron chi connectivity index (χ3n) is 5.50. The van der Waals surface area contributed by atoms with Gasteiger partial charge in [0.2, 0.25) is 0 Å². The van der Waals surface area contributed by atoms with E-state index >= 15 is 0 Å². The van der Waals surface area contributed by atoms with Gasteiger partial charge in [-0.05, 0) is 55.0 Å². The SMILES string of the molecule is CCc1nc(C(C)C)ccc1-c1nc2c(cc1C)c([C@H](CC)CO)cn2C. The highest BCUT2D eigenvalue weighted by Gasteiger charge is 2.19. The molecular formula is C23H31N3O. The van der Waals surface area contributed by atoms with Gasteiger partial charge in [0.1, 0.15) is 5.65 Å². The van der Waals surface area contributed by atoms with Crippen LogP contribution in [0.5, 0.6) is 0 Å². The summed E-state index contributed by atoms with van der Waals surface area (Å²) in [6.45, 7) is 10.9. The molecule has 4 nitrogen and oxygen atoms in total. The van der Waals surface area contributed by atoms with Crippen molar-refractivity contribution in [3.8, 4) is 11.3 Å². The summed E-state index contributed by atoms with van der Waals surface area (Å²) >= 11 is 0. The molecule has 0 unspecified atom stereocenters. The van der Waals surface area contributed by atoms with Crippen LogP contribution in [0.2, 0.25) is 0 Å². The Morgan fingerprint density at radius 3 is 2.48 bits per heavy atom. The van der Waals surface area contributed by atoms with Crippen LogP contribution in [0.25, 0.3) is 22.3 Å². The first kappa shape index (κ1) is 19.6. The minimum Gasteiger partial charge on any atom is -0.396 e. The van der Waals surface area contributed by atoms with E-state index < -0.39 is 0 Å². The number of rotatable bonds is 6. The summed E-state index contributed by atoms with van der Waals surface area (Å²) in [4.78, 5) is 9.93.